The van der Waals surface area contributed by atoms with Crippen molar-refractivity contribution < 1.29 is 13.9 Å². The van der Waals surface area contributed by atoms with Crippen molar-refractivity contribution in [2.45, 2.75) is 6.92 Å². The van der Waals surface area contributed by atoms with E-state index in [0.717, 1.165) is 16.2 Å². The van der Waals surface area contributed by atoms with E-state index in [9.17, 15) is 9.18 Å². The minimum Gasteiger partial charge on any atom is -0.497 e. The molecule has 0 fully saturated rings. The van der Waals surface area contributed by atoms with E-state index in [1.807, 2.05) is 24.3 Å². The molecule has 0 saturated carbocycles. The second kappa shape index (κ2) is 4.60. The SMILES string of the molecule is COc1ccc2c(c1)cc(C(C)=O)c1c(F)cccc12. The van der Waals surface area contributed by atoms with E-state index >= 15 is 0 Å². The van der Waals surface area contributed by atoms with Crippen LogP contribution in [0.1, 0.15) is 17.3 Å². The van der Waals surface area contributed by atoms with Crippen LogP contribution in [0.2, 0.25) is 0 Å². The number of benzene rings is 3. The zero-order chi connectivity index (χ0) is 14.3. The van der Waals surface area contributed by atoms with Gasteiger partial charge in [0.2, 0.25) is 0 Å². The molecule has 0 heterocycles. The van der Waals surface area contributed by atoms with Crippen LogP contribution < -0.4 is 4.74 Å². The first-order chi connectivity index (χ1) is 9.61. The predicted octanol–water partition coefficient (Wildman–Crippen LogP) is 4.34. The van der Waals surface area contributed by atoms with Gasteiger partial charge in [-0.2, -0.15) is 0 Å². The average Bonchev–Trinajstić information content (AvgIpc) is 2.45. The highest BCUT2D eigenvalue weighted by molar-refractivity contribution is 6.17. The van der Waals surface area contributed by atoms with Crippen molar-refractivity contribution in [2.75, 3.05) is 7.11 Å². The molecule has 0 N–H and O–H groups in total. The van der Waals surface area contributed by atoms with Crippen LogP contribution in [0.5, 0.6) is 5.75 Å². The van der Waals surface area contributed by atoms with E-state index in [0.29, 0.717) is 16.7 Å². The largest absolute Gasteiger partial charge is 0.497 e. The molecule has 0 bridgehead atoms. The minimum absolute atomic E-state index is 0.148. The molecule has 0 aromatic heterocycles. The van der Waals surface area contributed by atoms with Gasteiger partial charge in [0.05, 0.1) is 7.11 Å². The van der Waals surface area contributed by atoms with E-state index in [-0.39, 0.29) is 11.6 Å². The Bertz CT molecular complexity index is 837. The first-order valence-corrected chi connectivity index (χ1v) is 6.31. The Kier molecular flexibility index (Phi) is 2.90. The van der Waals surface area contributed by atoms with Gasteiger partial charge in [-0.1, -0.05) is 18.2 Å². The molecule has 3 aromatic carbocycles. The molecular weight excluding hydrogens is 255 g/mol. The van der Waals surface area contributed by atoms with E-state index in [1.54, 1.807) is 19.2 Å². The summed E-state index contributed by atoms with van der Waals surface area (Å²) in [4.78, 5) is 11.8. The summed E-state index contributed by atoms with van der Waals surface area (Å²) in [5, 5.41) is 2.91. The maximum absolute atomic E-state index is 14.1. The normalized spacial score (nSPS) is 10.9. The molecule has 0 radical (unpaired) electrons. The molecule has 0 unspecified atom stereocenters. The molecular formula is C17H13FO2. The van der Waals surface area contributed by atoms with E-state index < -0.39 is 0 Å². The molecule has 0 aliphatic heterocycles. The van der Waals surface area contributed by atoms with Gasteiger partial charge in [-0.3, -0.25) is 4.79 Å². The van der Waals surface area contributed by atoms with Crippen LogP contribution in [0.3, 0.4) is 0 Å². The maximum Gasteiger partial charge on any atom is 0.160 e. The number of hydrogen-bond donors (Lipinski definition) is 0. The zero-order valence-electron chi connectivity index (χ0n) is 11.2. The number of rotatable bonds is 2. The second-order valence-corrected chi connectivity index (χ2v) is 4.73. The van der Waals surface area contributed by atoms with Crippen LogP contribution in [0, 0.1) is 5.82 Å². The Morgan fingerprint density at radius 3 is 2.60 bits per heavy atom. The van der Waals surface area contributed by atoms with Crippen molar-refractivity contribution in [3.8, 4) is 5.75 Å². The first kappa shape index (κ1) is 12.6. The number of methoxy groups -OCH3 is 1. The molecule has 20 heavy (non-hydrogen) atoms. The lowest BCUT2D eigenvalue weighted by atomic mass is 9.95. The number of ether oxygens (including phenoxy) is 1. The molecule has 0 saturated heterocycles. The quantitative estimate of drug-likeness (QED) is 0.510. The zero-order valence-corrected chi connectivity index (χ0v) is 11.2. The lowest BCUT2D eigenvalue weighted by molar-refractivity contribution is 0.101. The molecule has 3 aromatic rings. The first-order valence-electron chi connectivity index (χ1n) is 6.31. The summed E-state index contributed by atoms with van der Waals surface area (Å²) in [7, 11) is 1.59. The number of carbonyl (C=O) groups excluding carboxylic acids is 1. The Labute approximate surface area is 115 Å². The van der Waals surface area contributed by atoms with Gasteiger partial charge < -0.3 is 4.74 Å². The third-order valence-electron chi connectivity index (χ3n) is 3.51. The van der Waals surface area contributed by atoms with Gasteiger partial charge in [0.25, 0.3) is 0 Å². The van der Waals surface area contributed by atoms with Gasteiger partial charge in [0, 0.05) is 10.9 Å². The van der Waals surface area contributed by atoms with Crippen molar-refractivity contribution in [2.24, 2.45) is 0 Å². The van der Waals surface area contributed by atoms with Crippen molar-refractivity contribution in [1.29, 1.82) is 0 Å². The monoisotopic (exact) mass is 268 g/mol. The van der Waals surface area contributed by atoms with Crippen LogP contribution >= 0.6 is 0 Å². The molecule has 0 amide bonds. The van der Waals surface area contributed by atoms with E-state index in [2.05, 4.69) is 0 Å². The molecule has 3 heteroatoms. The van der Waals surface area contributed by atoms with E-state index in [1.165, 1.54) is 13.0 Å². The van der Waals surface area contributed by atoms with Gasteiger partial charge in [0.1, 0.15) is 11.6 Å². The van der Waals surface area contributed by atoms with Crippen molar-refractivity contribution in [1.82, 2.24) is 0 Å². The summed E-state index contributed by atoms with van der Waals surface area (Å²) in [5.41, 5.74) is 0.402. The Morgan fingerprint density at radius 1 is 1.10 bits per heavy atom. The van der Waals surface area contributed by atoms with Crippen LogP contribution in [0.15, 0.2) is 42.5 Å². The molecule has 100 valence electrons. The number of hydrogen-bond acceptors (Lipinski definition) is 2. The molecule has 0 spiro atoms. The van der Waals surface area contributed by atoms with Gasteiger partial charge in [-0.05, 0) is 47.3 Å². The van der Waals surface area contributed by atoms with Gasteiger partial charge in [0.15, 0.2) is 5.78 Å². The third-order valence-corrected chi connectivity index (χ3v) is 3.51. The summed E-state index contributed by atoms with van der Waals surface area (Å²) >= 11 is 0. The third kappa shape index (κ3) is 1.83. The minimum atomic E-state index is -0.370. The second-order valence-electron chi connectivity index (χ2n) is 4.73. The highest BCUT2D eigenvalue weighted by Crippen LogP contribution is 2.32. The maximum atomic E-state index is 14.1. The van der Waals surface area contributed by atoms with Crippen LogP contribution in [0.25, 0.3) is 21.5 Å². The number of ketones is 1. The number of carbonyl (C=O) groups is 1. The standard InChI is InChI=1S/C17H13FO2/c1-10(19)15-9-11-8-12(20-2)6-7-13(11)14-4-3-5-16(18)17(14)15/h3-9H,1-2H3. The summed E-state index contributed by atoms with van der Waals surface area (Å²) in [6.07, 6.45) is 0. The number of halogens is 1. The fourth-order valence-corrected chi connectivity index (χ4v) is 2.56. The van der Waals surface area contributed by atoms with Crippen molar-refractivity contribution in [3.63, 3.8) is 0 Å². The topological polar surface area (TPSA) is 26.3 Å². The average molecular weight is 268 g/mol. The smallest absolute Gasteiger partial charge is 0.160 e. The Balaban J connectivity index is 2.53. The van der Waals surface area contributed by atoms with Gasteiger partial charge in [-0.25, -0.2) is 4.39 Å². The molecule has 3 rings (SSSR count). The van der Waals surface area contributed by atoms with E-state index in [4.69, 9.17) is 4.74 Å². The highest BCUT2D eigenvalue weighted by Gasteiger charge is 2.13. The van der Waals surface area contributed by atoms with Crippen LogP contribution in [-0.2, 0) is 0 Å². The lowest BCUT2D eigenvalue weighted by Crippen LogP contribution is -1.97. The Morgan fingerprint density at radius 2 is 1.90 bits per heavy atom. The summed E-state index contributed by atoms with van der Waals surface area (Å²) in [6, 6.07) is 12.2. The predicted molar refractivity (Wildman–Crippen MR) is 78.0 cm³/mol. The molecule has 0 atom stereocenters. The van der Waals surface area contributed by atoms with Crippen molar-refractivity contribution in [3.05, 3.63) is 53.8 Å². The van der Waals surface area contributed by atoms with Crippen LogP contribution in [-0.4, -0.2) is 12.9 Å². The summed E-state index contributed by atoms with van der Waals surface area (Å²) < 4.78 is 19.3. The molecule has 0 aliphatic carbocycles. The molecule has 0 aliphatic rings. The Hall–Kier alpha value is -2.42. The lowest BCUT2D eigenvalue weighted by Gasteiger charge is -2.10. The highest BCUT2D eigenvalue weighted by atomic mass is 19.1. The summed E-state index contributed by atoms with van der Waals surface area (Å²) in [6.45, 7) is 1.45. The number of Topliss-reactive ketones (excluding diaryl/α,β-unsaturated/α-hetero) is 1. The molecule has 2 nitrogen and oxygen atoms in total. The number of fused-ring (bicyclic) bond motifs is 3. The fourth-order valence-electron chi connectivity index (χ4n) is 2.56. The van der Waals surface area contributed by atoms with Gasteiger partial charge >= 0.3 is 0 Å². The van der Waals surface area contributed by atoms with Gasteiger partial charge in [-0.15, -0.1) is 0 Å². The van der Waals surface area contributed by atoms with Crippen LogP contribution in [0.4, 0.5) is 4.39 Å². The fraction of sp³-hybridized carbons (Fsp3) is 0.118. The van der Waals surface area contributed by atoms with Crippen molar-refractivity contribution >= 4 is 27.3 Å². The summed E-state index contributed by atoms with van der Waals surface area (Å²) in [5.74, 6) is 0.193.